The molecule has 0 saturated heterocycles. The molecule has 0 bridgehead atoms. The highest BCUT2D eigenvalue weighted by Gasteiger charge is 2.30. The Morgan fingerprint density at radius 2 is 0.907 bits per heavy atom. The van der Waals surface area contributed by atoms with Crippen LogP contribution in [0.1, 0.15) is 252 Å². The van der Waals surface area contributed by atoms with Crippen molar-refractivity contribution in [2.24, 2.45) is 0 Å². The van der Waals surface area contributed by atoms with Crippen molar-refractivity contribution >= 4 is 19.7 Å². The molecule has 0 aliphatic carbocycles. The molecule has 0 heterocycles. The lowest BCUT2D eigenvalue weighted by Gasteiger charge is -2.27. The maximum absolute atomic E-state index is 13.5. The van der Waals surface area contributed by atoms with Crippen LogP contribution in [0.4, 0.5) is 0 Å². The van der Waals surface area contributed by atoms with E-state index in [0.29, 0.717) is 17.4 Å². The van der Waals surface area contributed by atoms with Crippen LogP contribution in [0.25, 0.3) is 0 Å². The molecule has 0 rings (SSSR count). The number of rotatable bonds is 54. The van der Waals surface area contributed by atoms with Crippen LogP contribution >= 0.6 is 7.82 Å². The van der Waals surface area contributed by atoms with Gasteiger partial charge in [-0.05, 0) is 96.0 Å². The number of phosphoric acid groups is 1. The van der Waals surface area contributed by atoms with Gasteiger partial charge in [-0.15, -0.1) is 0 Å². The molecule has 0 fully saturated rings. The number of carbonyl (C=O) groups excluding carboxylic acids is 2. The van der Waals surface area contributed by atoms with Gasteiger partial charge in [-0.2, -0.15) is 0 Å². The molecule has 3 unspecified atom stereocenters. The van der Waals surface area contributed by atoms with Gasteiger partial charge in [-0.25, -0.2) is 4.57 Å². The molecule has 1 amide bonds. The molecule has 0 aliphatic heterocycles. The number of nitrogens with zero attached hydrogens (tertiary/aromatic N) is 1. The summed E-state index contributed by atoms with van der Waals surface area (Å²) in [4.78, 5) is 37.6. The highest BCUT2D eigenvalue weighted by molar-refractivity contribution is 7.47. The summed E-state index contributed by atoms with van der Waals surface area (Å²) in [5.74, 6) is -0.541. The number of carbonyl (C=O) groups is 2. The smallest absolute Gasteiger partial charge is 0.456 e. The Labute approximate surface area is 462 Å². The van der Waals surface area contributed by atoms with Gasteiger partial charge < -0.3 is 19.4 Å². The molecule has 10 heteroatoms. The Hall–Kier alpha value is -3.07. The van der Waals surface area contributed by atoms with Crippen LogP contribution in [0.5, 0.6) is 0 Å². The van der Waals surface area contributed by atoms with Gasteiger partial charge in [0, 0.05) is 12.8 Å². The van der Waals surface area contributed by atoms with Crippen LogP contribution in [-0.2, 0) is 27.9 Å². The number of hydrogen-bond acceptors (Lipinski definition) is 6. The van der Waals surface area contributed by atoms with Crippen molar-refractivity contribution in [3.05, 3.63) is 97.2 Å². The first kappa shape index (κ1) is 71.9. The number of unbranched alkanes of at least 4 members (excludes halogenated alkanes) is 26. The summed E-state index contributed by atoms with van der Waals surface area (Å²) < 4.78 is 30.6. The second-order valence-electron chi connectivity index (χ2n) is 21.6. The predicted molar refractivity (Wildman–Crippen MR) is 323 cm³/mol. The van der Waals surface area contributed by atoms with Gasteiger partial charge in [0.1, 0.15) is 19.3 Å². The maximum Gasteiger partial charge on any atom is 0.472 e. The number of ether oxygens (including phenoxy) is 1. The minimum atomic E-state index is -4.46. The molecular weight excluding hydrogens is 952 g/mol. The molecule has 3 atom stereocenters. The topological polar surface area (TPSA) is 111 Å². The summed E-state index contributed by atoms with van der Waals surface area (Å²) in [6.07, 6.45) is 72.7. The molecule has 432 valence electrons. The summed E-state index contributed by atoms with van der Waals surface area (Å²) in [5, 5.41) is 3.03. The Morgan fingerprint density at radius 1 is 0.493 bits per heavy atom. The van der Waals surface area contributed by atoms with Crippen LogP contribution in [0, 0.1) is 0 Å². The van der Waals surface area contributed by atoms with E-state index in [-0.39, 0.29) is 31.5 Å². The first-order chi connectivity index (χ1) is 36.4. The van der Waals surface area contributed by atoms with Crippen molar-refractivity contribution in [2.45, 2.75) is 264 Å². The van der Waals surface area contributed by atoms with Crippen LogP contribution in [-0.4, -0.2) is 74.3 Å². The average molecular weight is 1070 g/mol. The van der Waals surface area contributed by atoms with E-state index in [1.807, 2.05) is 33.3 Å². The third kappa shape index (κ3) is 55.5. The molecule has 2 N–H and O–H groups in total. The zero-order valence-corrected chi connectivity index (χ0v) is 50.2. The van der Waals surface area contributed by atoms with Gasteiger partial charge in [0.05, 0.1) is 33.8 Å². The number of hydrogen-bond donors (Lipinski definition) is 2. The van der Waals surface area contributed by atoms with Crippen LogP contribution < -0.4 is 5.32 Å². The van der Waals surface area contributed by atoms with Crippen molar-refractivity contribution in [1.82, 2.24) is 5.32 Å². The molecule has 75 heavy (non-hydrogen) atoms. The van der Waals surface area contributed by atoms with Gasteiger partial charge in [-0.1, -0.05) is 240 Å². The average Bonchev–Trinajstić information content (AvgIpc) is 3.37. The lowest BCUT2D eigenvalue weighted by atomic mass is 10.1. The second-order valence-corrected chi connectivity index (χ2v) is 23.0. The number of allylic oxidation sites excluding steroid dienone is 15. The fourth-order valence-electron chi connectivity index (χ4n) is 8.33. The van der Waals surface area contributed by atoms with Gasteiger partial charge in [0.2, 0.25) is 5.91 Å². The van der Waals surface area contributed by atoms with Crippen molar-refractivity contribution in [3.8, 4) is 0 Å². The first-order valence-electron chi connectivity index (χ1n) is 30.6. The van der Waals surface area contributed by atoms with Crippen LogP contribution in [0.2, 0.25) is 0 Å². The van der Waals surface area contributed by atoms with E-state index >= 15 is 0 Å². The Kier molecular flexibility index (Phi) is 52.1. The molecule has 0 aromatic carbocycles. The standard InChI is InChI=1S/C65H115N2O7P/c1-7-10-13-16-19-22-25-27-28-29-30-31-32-33-34-35-36-37-38-40-43-46-49-52-55-58-65(69)74-63(56-53-50-47-44-41-24-21-18-15-12-9-3)62(61-73-75(70,71)72-60-59-67(4,5)6)66-64(68)57-54-51-48-45-42-39-26-23-20-17-14-11-8-2/h11,14,17,19-20,22-23,26-28,30-31,33-34,53,56,62-63H,7-10,12-13,15-16,18,21,24-25,29,32,35-52,54-55,57-61H2,1-6H3,(H-,66,68,70,71)/p+1/b14-11+,20-17+,22-19-,26-23-,28-27-,31-30-,34-33-,56-53-. The number of likely N-dealkylation sites (N-methyl/N-ethyl adjacent to an activating group) is 1. The monoisotopic (exact) mass is 1070 g/mol. The Bertz CT molecular complexity index is 1610. The van der Waals surface area contributed by atoms with E-state index in [1.54, 1.807) is 0 Å². The van der Waals surface area contributed by atoms with E-state index in [1.165, 1.54) is 103 Å². The maximum atomic E-state index is 13.5. The van der Waals surface area contributed by atoms with Gasteiger partial charge in [0.15, 0.2) is 0 Å². The van der Waals surface area contributed by atoms with Crippen molar-refractivity contribution in [1.29, 1.82) is 0 Å². The number of nitrogens with one attached hydrogen (secondary N) is 1. The molecule has 0 aromatic rings. The summed E-state index contributed by atoms with van der Waals surface area (Å²) in [6, 6.07) is -0.866. The van der Waals surface area contributed by atoms with E-state index in [2.05, 4.69) is 111 Å². The fraction of sp³-hybridized carbons (Fsp3) is 0.723. The minimum Gasteiger partial charge on any atom is -0.456 e. The predicted octanol–water partition coefficient (Wildman–Crippen LogP) is 18.8. The molecule has 0 saturated carbocycles. The molecule has 0 aliphatic rings. The number of amides is 1. The zero-order valence-electron chi connectivity index (χ0n) is 49.3. The van der Waals surface area contributed by atoms with Gasteiger partial charge in [0.25, 0.3) is 0 Å². The second kappa shape index (κ2) is 54.3. The van der Waals surface area contributed by atoms with Crippen LogP contribution in [0.15, 0.2) is 97.2 Å². The van der Waals surface area contributed by atoms with E-state index < -0.39 is 20.0 Å². The van der Waals surface area contributed by atoms with E-state index in [4.69, 9.17) is 13.8 Å². The van der Waals surface area contributed by atoms with Crippen molar-refractivity contribution in [3.63, 3.8) is 0 Å². The molecular formula is C65H116N2O7P+. The highest BCUT2D eigenvalue weighted by Crippen LogP contribution is 2.43. The Morgan fingerprint density at radius 3 is 1.41 bits per heavy atom. The quantitative estimate of drug-likeness (QED) is 0.0156. The molecule has 0 spiro atoms. The largest absolute Gasteiger partial charge is 0.472 e. The summed E-state index contributed by atoms with van der Waals surface area (Å²) in [6.45, 7) is 6.81. The molecule has 0 radical (unpaired) electrons. The molecule has 0 aromatic heterocycles. The fourth-order valence-corrected chi connectivity index (χ4v) is 9.07. The number of quaternary nitrogens is 1. The van der Waals surface area contributed by atoms with Crippen molar-refractivity contribution < 1.29 is 37.3 Å². The van der Waals surface area contributed by atoms with Gasteiger partial charge >= 0.3 is 13.8 Å². The lowest BCUT2D eigenvalue weighted by Crippen LogP contribution is -2.47. The number of phosphoric ester groups is 1. The normalized spacial score (nSPS) is 14.4. The van der Waals surface area contributed by atoms with E-state index in [0.717, 1.165) is 116 Å². The number of esters is 1. The Balaban J connectivity index is 5.15. The highest BCUT2D eigenvalue weighted by atomic mass is 31.2. The van der Waals surface area contributed by atoms with Crippen LogP contribution in [0.3, 0.4) is 0 Å². The third-order valence-corrected chi connectivity index (χ3v) is 14.1. The third-order valence-electron chi connectivity index (χ3n) is 13.1. The van der Waals surface area contributed by atoms with Crippen molar-refractivity contribution in [2.75, 3.05) is 40.9 Å². The summed E-state index contributed by atoms with van der Waals surface area (Å²) in [7, 11) is 1.47. The summed E-state index contributed by atoms with van der Waals surface area (Å²) >= 11 is 0. The van der Waals surface area contributed by atoms with E-state index in [9.17, 15) is 19.0 Å². The lowest BCUT2D eigenvalue weighted by molar-refractivity contribution is -0.870. The molecule has 9 nitrogen and oxygen atoms in total. The zero-order chi connectivity index (χ0) is 55.0. The SMILES string of the molecule is CC/C=C/C=C/C=C\CCCCCCCC(=O)NC(COP(=O)(O)OCC[N+](C)(C)C)C(/C=C\CCCCCCCCCCC)OC(=O)CCCCCCCCCCC/C=C\C/C=C\C/C=C\C/C=C\CCCCC. The van der Waals surface area contributed by atoms with Gasteiger partial charge in [-0.3, -0.25) is 18.6 Å². The summed E-state index contributed by atoms with van der Waals surface area (Å²) in [5.41, 5.74) is 0. The minimum absolute atomic E-state index is 0.0304. The first-order valence-corrected chi connectivity index (χ1v) is 32.1.